The van der Waals surface area contributed by atoms with Gasteiger partial charge in [0, 0.05) is 38.0 Å². The molecule has 1 N–H and O–H groups in total. The number of rotatable bonds is 5. The van der Waals surface area contributed by atoms with Gasteiger partial charge in [-0.2, -0.15) is 4.31 Å². The van der Waals surface area contributed by atoms with Crippen molar-refractivity contribution in [2.75, 3.05) is 39.4 Å². The molecule has 1 amide bonds. The summed E-state index contributed by atoms with van der Waals surface area (Å²) in [5, 5.41) is 3.52. The maximum Gasteiger partial charge on any atom is 0.243 e. The standard InChI is InChI=1S/C21H27N3O4S/c25-21(22-23-11-13-28-14-12-23)15-17-5-4-10-24(16-17)29(26,27)20-9-3-7-18-6-1-2-8-19(18)20/h1-3,6-9,17H,4-5,10-16H2,(H,22,25). The molecule has 0 radical (unpaired) electrons. The molecule has 0 aliphatic carbocycles. The number of hydrogen-bond acceptors (Lipinski definition) is 5. The van der Waals surface area contributed by atoms with Gasteiger partial charge in [0.15, 0.2) is 0 Å². The Hall–Kier alpha value is -2.00. The Kier molecular flexibility index (Phi) is 6.15. The minimum atomic E-state index is -3.61. The number of amides is 1. The maximum atomic E-state index is 13.4. The molecule has 2 heterocycles. The molecule has 0 bridgehead atoms. The number of morpholine rings is 1. The van der Waals surface area contributed by atoms with E-state index in [9.17, 15) is 13.2 Å². The van der Waals surface area contributed by atoms with Gasteiger partial charge in [0.25, 0.3) is 0 Å². The largest absolute Gasteiger partial charge is 0.379 e. The van der Waals surface area contributed by atoms with Crippen molar-refractivity contribution in [2.24, 2.45) is 5.92 Å². The molecule has 2 aliphatic rings. The van der Waals surface area contributed by atoms with Crippen molar-refractivity contribution in [3.05, 3.63) is 42.5 Å². The van der Waals surface area contributed by atoms with Crippen LogP contribution in [0.4, 0.5) is 0 Å². The number of ether oxygens (including phenoxy) is 1. The van der Waals surface area contributed by atoms with Crippen LogP contribution in [0.2, 0.25) is 0 Å². The minimum absolute atomic E-state index is 0.0227. The van der Waals surface area contributed by atoms with Crippen molar-refractivity contribution in [3.63, 3.8) is 0 Å². The van der Waals surface area contributed by atoms with E-state index in [0.29, 0.717) is 50.7 Å². The molecule has 2 saturated heterocycles. The van der Waals surface area contributed by atoms with E-state index in [1.165, 1.54) is 0 Å². The fourth-order valence-electron chi connectivity index (χ4n) is 4.13. The average molecular weight is 418 g/mol. The number of hydrazine groups is 1. The van der Waals surface area contributed by atoms with E-state index in [2.05, 4.69) is 5.43 Å². The zero-order valence-electron chi connectivity index (χ0n) is 16.4. The topological polar surface area (TPSA) is 79.0 Å². The van der Waals surface area contributed by atoms with Gasteiger partial charge in [-0.25, -0.2) is 13.4 Å². The molecule has 0 aromatic heterocycles. The van der Waals surface area contributed by atoms with E-state index in [1.54, 1.807) is 16.4 Å². The van der Waals surface area contributed by atoms with Crippen molar-refractivity contribution in [1.82, 2.24) is 14.7 Å². The summed E-state index contributed by atoms with van der Waals surface area (Å²) in [6.07, 6.45) is 1.95. The van der Waals surface area contributed by atoms with E-state index in [-0.39, 0.29) is 11.8 Å². The third kappa shape index (κ3) is 4.61. The molecular formula is C21H27N3O4S. The number of nitrogens with one attached hydrogen (secondary N) is 1. The number of fused-ring (bicyclic) bond motifs is 1. The Balaban J connectivity index is 1.45. The second kappa shape index (κ2) is 8.79. The van der Waals surface area contributed by atoms with Crippen molar-refractivity contribution in [3.8, 4) is 0 Å². The lowest BCUT2D eigenvalue weighted by atomic mass is 9.96. The Morgan fingerprint density at radius 3 is 2.66 bits per heavy atom. The molecule has 8 heteroatoms. The second-order valence-corrected chi connectivity index (χ2v) is 9.59. The molecule has 2 aliphatic heterocycles. The Bertz CT molecular complexity index is 968. The van der Waals surface area contributed by atoms with Crippen LogP contribution in [0.1, 0.15) is 19.3 Å². The Labute approximate surface area is 171 Å². The third-order valence-electron chi connectivity index (χ3n) is 5.62. The maximum absolute atomic E-state index is 13.4. The molecule has 2 aromatic carbocycles. The van der Waals surface area contributed by atoms with Crippen LogP contribution in [0.25, 0.3) is 10.8 Å². The third-order valence-corrected chi connectivity index (χ3v) is 7.54. The lowest BCUT2D eigenvalue weighted by Gasteiger charge is -2.33. The monoisotopic (exact) mass is 417 g/mol. The van der Waals surface area contributed by atoms with Gasteiger partial charge in [-0.05, 0) is 30.2 Å². The number of benzene rings is 2. The molecule has 7 nitrogen and oxygen atoms in total. The van der Waals surface area contributed by atoms with Crippen LogP contribution in [0.3, 0.4) is 0 Å². The van der Waals surface area contributed by atoms with Gasteiger partial charge in [-0.3, -0.25) is 10.2 Å². The zero-order valence-corrected chi connectivity index (χ0v) is 17.2. The van der Waals surface area contributed by atoms with Crippen LogP contribution in [-0.2, 0) is 19.6 Å². The molecule has 1 atom stereocenters. The first kappa shape index (κ1) is 20.3. The van der Waals surface area contributed by atoms with Crippen molar-refractivity contribution < 1.29 is 17.9 Å². The lowest BCUT2D eigenvalue weighted by Crippen LogP contribution is -2.49. The van der Waals surface area contributed by atoms with Gasteiger partial charge in [-0.1, -0.05) is 36.4 Å². The summed E-state index contributed by atoms with van der Waals surface area (Å²) < 4.78 is 33.5. The molecule has 0 spiro atoms. The summed E-state index contributed by atoms with van der Waals surface area (Å²) >= 11 is 0. The summed E-state index contributed by atoms with van der Waals surface area (Å²) in [5.74, 6) is -0.0316. The van der Waals surface area contributed by atoms with Crippen molar-refractivity contribution in [1.29, 1.82) is 0 Å². The first-order chi connectivity index (χ1) is 14.0. The Morgan fingerprint density at radius 1 is 1.07 bits per heavy atom. The molecule has 156 valence electrons. The van der Waals surface area contributed by atoms with Gasteiger partial charge in [0.2, 0.25) is 15.9 Å². The average Bonchev–Trinajstić information content (AvgIpc) is 2.74. The quantitative estimate of drug-likeness (QED) is 0.805. The van der Waals surface area contributed by atoms with Crippen LogP contribution >= 0.6 is 0 Å². The predicted molar refractivity (Wildman–Crippen MR) is 111 cm³/mol. The van der Waals surface area contributed by atoms with E-state index >= 15 is 0 Å². The first-order valence-corrected chi connectivity index (χ1v) is 11.6. The first-order valence-electron chi connectivity index (χ1n) is 10.1. The van der Waals surface area contributed by atoms with E-state index in [4.69, 9.17) is 4.74 Å². The second-order valence-electron chi connectivity index (χ2n) is 7.69. The SMILES string of the molecule is O=C(CC1CCCN(S(=O)(=O)c2cccc3ccccc23)C1)NN1CCOCC1. The summed E-state index contributed by atoms with van der Waals surface area (Å²) in [6.45, 7) is 3.45. The Morgan fingerprint density at radius 2 is 1.83 bits per heavy atom. The molecule has 0 saturated carbocycles. The number of sulfonamides is 1. The van der Waals surface area contributed by atoms with Gasteiger partial charge in [0.05, 0.1) is 18.1 Å². The zero-order chi connectivity index (χ0) is 20.3. The van der Waals surface area contributed by atoms with Crippen LogP contribution in [0, 0.1) is 5.92 Å². The molecule has 2 aromatic rings. The highest BCUT2D eigenvalue weighted by atomic mass is 32.2. The normalized spacial score (nSPS) is 21.9. The van der Waals surface area contributed by atoms with Gasteiger partial charge >= 0.3 is 0 Å². The smallest absolute Gasteiger partial charge is 0.243 e. The van der Waals surface area contributed by atoms with Crippen LogP contribution in [0.5, 0.6) is 0 Å². The predicted octanol–water partition coefficient (Wildman–Crippen LogP) is 1.99. The number of carbonyl (C=O) groups is 1. The van der Waals surface area contributed by atoms with Gasteiger partial charge in [-0.15, -0.1) is 0 Å². The highest BCUT2D eigenvalue weighted by Gasteiger charge is 2.32. The number of carbonyl (C=O) groups excluding carboxylic acids is 1. The van der Waals surface area contributed by atoms with E-state index in [0.717, 1.165) is 23.6 Å². The lowest BCUT2D eigenvalue weighted by molar-refractivity contribution is -0.129. The summed E-state index contributed by atoms with van der Waals surface area (Å²) in [7, 11) is -3.61. The number of piperidine rings is 1. The summed E-state index contributed by atoms with van der Waals surface area (Å²) in [6, 6.07) is 12.9. The molecule has 4 rings (SSSR count). The highest BCUT2D eigenvalue weighted by molar-refractivity contribution is 7.89. The van der Waals surface area contributed by atoms with Crippen LogP contribution in [-0.4, -0.2) is 63.0 Å². The van der Waals surface area contributed by atoms with Crippen LogP contribution < -0.4 is 5.43 Å². The number of hydrogen-bond donors (Lipinski definition) is 1. The van der Waals surface area contributed by atoms with E-state index in [1.807, 2.05) is 35.3 Å². The summed E-state index contributed by atoms with van der Waals surface area (Å²) in [4.78, 5) is 12.8. The van der Waals surface area contributed by atoms with Crippen LogP contribution in [0.15, 0.2) is 47.4 Å². The fraction of sp³-hybridized carbons (Fsp3) is 0.476. The van der Waals surface area contributed by atoms with E-state index < -0.39 is 10.0 Å². The van der Waals surface area contributed by atoms with Gasteiger partial charge in [0.1, 0.15) is 0 Å². The molecular weight excluding hydrogens is 390 g/mol. The molecule has 29 heavy (non-hydrogen) atoms. The van der Waals surface area contributed by atoms with Crippen molar-refractivity contribution in [2.45, 2.75) is 24.2 Å². The highest BCUT2D eigenvalue weighted by Crippen LogP contribution is 2.29. The minimum Gasteiger partial charge on any atom is -0.379 e. The molecule has 1 unspecified atom stereocenters. The van der Waals surface area contributed by atoms with Gasteiger partial charge < -0.3 is 4.74 Å². The van der Waals surface area contributed by atoms with Crippen molar-refractivity contribution >= 4 is 26.7 Å². The number of nitrogens with zero attached hydrogens (tertiary/aromatic N) is 2. The summed E-state index contributed by atoms with van der Waals surface area (Å²) in [5.41, 5.74) is 2.92. The molecule has 2 fully saturated rings. The fourth-order valence-corrected chi connectivity index (χ4v) is 5.90.